The van der Waals surface area contributed by atoms with E-state index in [-0.39, 0.29) is 5.84 Å². The zero-order chi connectivity index (χ0) is 13.1. The lowest BCUT2D eigenvalue weighted by Gasteiger charge is -2.21. The number of nitrogens with zero attached hydrogens (tertiary/aromatic N) is 2. The summed E-state index contributed by atoms with van der Waals surface area (Å²) in [5, 5.41) is 7.61. The van der Waals surface area contributed by atoms with Crippen LogP contribution in [-0.2, 0) is 6.54 Å². The Morgan fingerprint density at radius 2 is 2.17 bits per heavy atom. The number of amidine groups is 1. The molecule has 1 heterocycles. The normalized spacial score (nSPS) is 20.5. The monoisotopic (exact) mass is 246 g/mol. The van der Waals surface area contributed by atoms with Crippen molar-refractivity contribution in [2.75, 3.05) is 27.2 Å². The van der Waals surface area contributed by atoms with Crippen molar-refractivity contribution in [3.05, 3.63) is 35.4 Å². The third kappa shape index (κ3) is 2.89. The number of likely N-dealkylation sites (tertiary alicyclic amines) is 1. The summed E-state index contributed by atoms with van der Waals surface area (Å²) in [5.41, 5.74) is 7.64. The molecule has 3 N–H and O–H groups in total. The van der Waals surface area contributed by atoms with E-state index in [1.165, 1.54) is 6.42 Å². The largest absolute Gasteiger partial charge is 0.384 e. The van der Waals surface area contributed by atoms with Gasteiger partial charge >= 0.3 is 0 Å². The smallest absolute Gasteiger partial charge is 0.123 e. The van der Waals surface area contributed by atoms with Crippen molar-refractivity contribution in [2.24, 2.45) is 5.73 Å². The van der Waals surface area contributed by atoms with Crippen LogP contribution in [0, 0.1) is 5.41 Å². The van der Waals surface area contributed by atoms with Crippen molar-refractivity contribution in [1.29, 1.82) is 5.41 Å². The lowest BCUT2D eigenvalue weighted by molar-refractivity contribution is 0.264. The van der Waals surface area contributed by atoms with Gasteiger partial charge in [0.15, 0.2) is 0 Å². The van der Waals surface area contributed by atoms with Crippen LogP contribution in [-0.4, -0.2) is 48.9 Å². The summed E-state index contributed by atoms with van der Waals surface area (Å²) < 4.78 is 0. The van der Waals surface area contributed by atoms with Gasteiger partial charge in [-0.15, -0.1) is 0 Å². The zero-order valence-corrected chi connectivity index (χ0v) is 11.2. The highest BCUT2D eigenvalue weighted by Crippen LogP contribution is 2.18. The molecule has 1 aliphatic heterocycles. The van der Waals surface area contributed by atoms with Crippen molar-refractivity contribution in [1.82, 2.24) is 9.80 Å². The fourth-order valence-electron chi connectivity index (χ4n) is 2.54. The molecule has 0 aliphatic carbocycles. The Labute approximate surface area is 109 Å². The van der Waals surface area contributed by atoms with Crippen LogP contribution in [0.15, 0.2) is 24.3 Å². The van der Waals surface area contributed by atoms with Gasteiger partial charge in [0.2, 0.25) is 0 Å². The van der Waals surface area contributed by atoms with Crippen molar-refractivity contribution in [3.8, 4) is 0 Å². The molecule has 1 saturated heterocycles. The molecule has 1 atom stereocenters. The average Bonchev–Trinajstić information content (AvgIpc) is 2.78. The second-order valence-electron chi connectivity index (χ2n) is 5.21. The van der Waals surface area contributed by atoms with Gasteiger partial charge in [0.25, 0.3) is 0 Å². The third-order valence-electron chi connectivity index (χ3n) is 3.68. The van der Waals surface area contributed by atoms with Crippen molar-refractivity contribution in [3.63, 3.8) is 0 Å². The summed E-state index contributed by atoms with van der Waals surface area (Å²) in [6.45, 7) is 3.11. The second kappa shape index (κ2) is 5.50. The lowest BCUT2D eigenvalue weighted by Crippen LogP contribution is -2.31. The summed E-state index contributed by atoms with van der Waals surface area (Å²) in [5.74, 6) is 0.161. The van der Waals surface area contributed by atoms with Gasteiger partial charge < -0.3 is 10.6 Å². The number of nitrogens with one attached hydrogen (secondary N) is 1. The summed E-state index contributed by atoms with van der Waals surface area (Å²) in [6, 6.07) is 8.60. The van der Waals surface area contributed by atoms with Crippen LogP contribution in [0.5, 0.6) is 0 Å². The maximum absolute atomic E-state index is 7.61. The lowest BCUT2D eigenvalue weighted by atomic mass is 10.1. The van der Waals surface area contributed by atoms with Gasteiger partial charge in [-0.25, -0.2) is 0 Å². The average molecular weight is 246 g/mol. The third-order valence-corrected chi connectivity index (χ3v) is 3.68. The molecule has 2 rings (SSSR count). The van der Waals surface area contributed by atoms with Gasteiger partial charge in [-0.3, -0.25) is 10.3 Å². The van der Waals surface area contributed by atoms with E-state index in [1.54, 1.807) is 0 Å². The minimum atomic E-state index is 0.161. The summed E-state index contributed by atoms with van der Waals surface area (Å²) in [6.07, 6.45) is 1.22. The minimum Gasteiger partial charge on any atom is -0.384 e. The number of benzene rings is 1. The Morgan fingerprint density at radius 1 is 1.44 bits per heavy atom. The van der Waals surface area contributed by atoms with E-state index in [0.29, 0.717) is 6.04 Å². The Hall–Kier alpha value is -1.39. The van der Waals surface area contributed by atoms with Crippen LogP contribution in [0.2, 0.25) is 0 Å². The second-order valence-corrected chi connectivity index (χ2v) is 5.21. The molecule has 0 radical (unpaired) electrons. The first-order chi connectivity index (χ1) is 8.58. The van der Waals surface area contributed by atoms with Crippen LogP contribution in [0.3, 0.4) is 0 Å². The van der Waals surface area contributed by atoms with Gasteiger partial charge in [-0.1, -0.05) is 24.3 Å². The highest BCUT2D eigenvalue weighted by atomic mass is 15.2. The summed E-state index contributed by atoms with van der Waals surface area (Å²) in [4.78, 5) is 4.73. The number of hydrogen-bond acceptors (Lipinski definition) is 3. The maximum Gasteiger partial charge on any atom is 0.123 e. The van der Waals surface area contributed by atoms with E-state index >= 15 is 0 Å². The van der Waals surface area contributed by atoms with E-state index in [0.717, 1.165) is 30.8 Å². The number of nitrogen functional groups attached to an aromatic ring is 1. The first-order valence-electron chi connectivity index (χ1n) is 6.39. The van der Waals surface area contributed by atoms with Gasteiger partial charge in [0.1, 0.15) is 5.84 Å². The maximum atomic E-state index is 7.61. The van der Waals surface area contributed by atoms with Crippen molar-refractivity contribution < 1.29 is 0 Å². The molecule has 98 valence electrons. The van der Waals surface area contributed by atoms with Gasteiger partial charge in [0, 0.05) is 31.2 Å². The van der Waals surface area contributed by atoms with Crippen LogP contribution in [0.4, 0.5) is 0 Å². The fourth-order valence-corrected chi connectivity index (χ4v) is 2.54. The number of nitrogens with two attached hydrogens (primary N) is 1. The predicted octanol–water partition coefficient (Wildman–Crippen LogP) is 1.11. The molecule has 0 spiro atoms. The van der Waals surface area contributed by atoms with E-state index in [1.807, 2.05) is 18.2 Å². The molecule has 4 heteroatoms. The molecule has 4 nitrogen and oxygen atoms in total. The van der Waals surface area contributed by atoms with Gasteiger partial charge in [0.05, 0.1) is 0 Å². The molecule has 0 aromatic heterocycles. The van der Waals surface area contributed by atoms with Crippen LogP contribution in [0.1, 0.15) is 17.5 Å². The highest BCUT2D eigenvalue weighted by molar-refractivity contribution is 5.96. The van der Waals surface area contributed by atoms with E-state index in [2.05, 4.69) is 30.0 Å². The first kappa shape index (κ1) is 13.1. The zero-order valence-electron chi connectivity index (χ0n) is 11.2. The first-order valence-corrected chi connectivity index (χ1v) is 6.39. The molecule has 0 amide bonds. The van der Waals surface area contributed by atoms with Crippen LogP contribution < -0.4 is 5.73 Å². The van der Waals surface area contributed by atoms with Crippen LogP contribution in [0.25, 0.3) is 0 Å². The van der Waals surface area contributed by atoms with E-state index in [4.69, 9.17) is 11.1 Å². The molecule has 0 bridgehead atoms. The van der Waals surface area contributed by atoms with Gasteiger partial charge in [-0.2, -0.15) is 0 Å². The van der Waals surface area contributed by atoms with E-state index < -0.39 is 0 Å². The Morgan fingerprint density at radius 3 is 2.78 bits per heavy atom. The molecule has 18 heavy (non-hydrogen) atoms. The predicted molar refractivity (Wildman–Crippen MR) is 74.8 cm³/mol. The van der Waals surface area contributed by atoms with Gasteiger partial charge in [-0.05, 0) is 26.1 Å². The number of rotatable bonds is 4. The van der Waals surface area contributed by atoms with Crippen molar-refractivity contribution in [2.45, 2.75) is 19.0 Å². The molecule has 1 aromatic carbocycles. The standard InChI is InChI=1S/C14H22N4/c1-17(2)12-7-8-18(10-12)9-11-5-3-4-6-13(11)14(15)16/h3-6,12H,7-10H2,1-2H3,(H3,15,16). The molecule has 1 fully saturated rings. The van der Waals surface area contributed by atoms with Crippen LogP contribution >= 0.6 is 0 Å². The topological polar surface area (TPSA) is 56.4 Å². The number of likely N-dealkylation sites (N-methyl/N-ethyl adjacent to an activating group) is 1. The quantitative estimate of drug-likeness (QED) is 0.618. The minimum absolute atomic E-state index is 0.161. The summed E-state index contributed by atoms with van der Waals surface area (Å²) in [7, 11) is 4.27. The Bertz CT molecular complexity index is 428. The molecule has 1 unspecified atom stereocenters. The SMILES string of the molecule is CN(C)C1CCN(Cc2ccccc2C(=N)N)C1. The Kier molecular flexibility index (Phi) is 3.99. The Balaban J connectivity index is 2.05. The molecular formula is C14H22N4. The summed E-state index contributed by atoms with van der Waals surface area (Å²) >= 11 is 0. The molecule has 1 aromatic rings. The van der Waals surface area contributed by atoms with E-state index in [9.17, 15) is 0 Å². The molecule has 0 saturated carbocycles. The highest BCUT2D eigenvalue weighted by Gasteiger charge is 2.24. The number of hydrogen-bond donors (Lipinski definition) is 2. The molecule has 1 aliphatic rings. The molecular weight excluding hydrogens is 224 g/mol. The fraction of sp³-hybridized carbons (Fsp3) is 0.500. The van der Waals surface area contributed by atoms with Crippen molar-refractivity contribution >= 4 is 5.84 Å².